The highest BCUT2D eigenvalue weighted by Crippen LogP contribution is 2.37. The van der Waals surface area contributed by atoms with Crippen LogP contribution in [0.4, 0.5) is 22.7 Å². The van der Waals surface area contributed by atoms with Crippen molar-refractivity contribution in [2.75, 3.05) is 74.6 Å². The van der Waals surface area contributed by atoms with Crippen LogP contribution < -0.4 is 35.0 Å². The Morgan fingerprint density at radius 2 is 1.62 bits per heavy atom. The van der Waals surface area contributed by atoms with Gasteiger partial charge in [-0.05, 0) is 116 Å². The van der Waals surface area contributed by atoms with Crippen LogP contribution in [0.5, 0.6) is 17.2 Å². The third kappa shape index (κ3) is 13.7. The number of sulfonamides is 1. The fourth-order valence-corrected chi connectivity index (χ4v) is 12.5. The molecule has 0 saturated carbocycles. The van der Waals surface area contributed by atoms with Gasteiger partial charge in [-0.3, -0.25) is 39.5 Å². The fourth-order valence-electron chi connectivity index (χ4n) is 11.4. The molecule has 442 valence electrons. The summed E-state index contributed by atoms with van der Waals surface area (Å²) in [6, 6.07) is 30.9. The minimum atomic E-state index is -4.62. The van der Waals surface area contributed by atoms with E-state index in [1.807, 2.05) is 54.6 Å². The number of anilines is 3. The normalized spacial score (nSPS) is 16.7. The van der Waals surface area contributed by atoms with E-state index in [1.165, 1.54) is 24.4 Å². The Bertz CT molecular complexity index is 3760. The number of nitrogens with zero attached hydrogens (tertiary/aromatic N) is 5. The number of nitro groups is 1. The summed E-state index contributed by atoms with van der Waals surface area (Å²) < 4.78 is 48.2. The second-order valence-electron chi connectivity index (χ2n) is 21.6. The lowest BCUT2D eigenvalue weighted by Gasteiger charge is -2.37. The van der Waals surface area contributed by atoms with E-state index in [1.54, 1.807) is 35.4 Å². The van der Waals surface area contributed by atoms with Crippen LogP contribution in [0.2, 0.25) is 5.02 Å². The van der Waals surface area contributed by atoms with E-state index >= 15 is 0 Å². The number of nitro benzene ring substituents is 1. The molecule has 1 unspecified atom stereocenters. The van der Waals surface area contributed by atoms with Crippen molar-refractivity contribution in [1.82, 2.24) is 29.8 Å². The Hall–Kier alpha value is -8.57. The summed E-state index contributed by atoms with van der Waals surface area (Å²) in [6.07, 6.45) is 9.01. The topological polar surface area (TPSA) is 260 Å². The average Bonchev–Trinajstić information content (AvgIpc) is 2.54. The van der Waals surface area contributed by atoms with Crippen molar-refractivity contribution in [2.24, 2.45) is 5.92 Å². The van der Waals surface area contributed by atoms with Gasteiger partial charge in [-0.15, -0.1) is 0 Å². The number of fused-ring (bicyclic) bond motifs is 2. The first-order chi connectivity index (χ1) is 41.2. The lowest BCUT2D eigenvalue weighted by Crippen LogP contribution is -2.52. The van der Waals surface area contributed by atoms with Crippen molar-refractivity contribution in [1.29, 1.82) is 0 Å². The van der Waals surface area contributed by atoms with Crippen molar-refractivity contribution >= 4 is 79.0 Å². The molecular weight excluding hydrogens is 1130 g/mol. The second kappa shape index (κ2) is 26.1. The molecule has 4 amide bonds. The number of H-pyrrole nitrogens is 1. The number of halogens is 1. The number of unbranched alkanes of at least 4 members (excludes halogenated alkanes) is 3. The van der Waals surface area contributed by atoms with Gasteiger partial charge in [0, 0.05) is 129 Å². The molecule has 6 heterocycles. The number of carbonyl (C=O) groups excluding carboxylic acids is 4. The number of aromatic nitrogens is 2. The lowest BCUT2D eigenvalue weighted by atomic mass is 9.98. The summed E-state index contributed by atoms with van der Waals surface area (Å²) in [5, 5.41) is 22.6. The molecule has 0 radical (unpaired) electrons. The van der Waals surface area contributed by atoms with E-state index < -0.39 is 43.4 Å². The predicted molar refractivity (Wildman–Crippen MR) is 322 cm³/mol. The largest absolute Gasteiger partial charge is 0.493 e. The molecule has 4 aliphatic rings. The first kappa shape index (κ1) is 58.2. The van der Waals surface area contributed by atoms with Crippen molar-refractivity contribution in [3.63, 3.8) is 0 Å². The summed E-state index contributed by atoms with van der Waals surface area (Å²) in [7, 11) is -4.62. The van der Waals surface area contributed by atoms with E-state index in [2.05, 4.69) is 46.5 Å². The number of aromatic amines is 1. The number of hydrogen-bond donors (Lipinski definition) is 5. The highest BCUT2D eigenvalue weighted by Gasteiger charge is 2.40. The van der Waals surface area contributed by atoms with E-state index in [0.717, 1.165) is 89.4 Å². The summed E-state index contributed by atoms with van der Waals surface area (Å²) >= 11 is 6.35. The van der Waals surface area contributed by atoms with Crippen LogP contribution in [0.15, 0.2) is 126 Å². The number of pyridine rings is 1. The Balaban J connectivity index is 0.726. The van der Waals surface area contributed by atoms with Gasteiger partial charge in [-0.2, -0.15) is 0 Å². The maximum absolute atomic E-state index is 14.1. The van der Waals surface area contributed by atoms with Gasteiger partial charge < -0.3 is 39.6 Å². The van der Waals surface area contributed by atoms with Crippen molar-refractivity contribution in [3.8, 4) is 28.4 Å². The van der Waals surface area contributed by atoms with E-state index in [9.17, 15) is 37.7 Å². The molecule has 3 fully saturated rings. The highest BCUT2D eigenvalue weighted by atomic mass is 35.5. The summed E-state index contributed by atoms with van der Waals surface area (Å²) in [5.74, 6) is -0.499. The van der Waals surface area contributed by atoms with Gasteiger partial charge in [-0.1, -0.05) is 54.8 Å². The van der Waals surface area contributed by atoms with Crippen LogP contribution in [0.1, 0.15) is 83.2 Å². The van der Waals surface area contributed by atoms with Crippen LogP contribution in [0.25, 0.3) is 22.2 Å². The number of ether oxygens (including phenoxy) is 3. The molecule has 1 atom stereocenters. The van der Waals surface area contributed by atoms with E-state index in [4.69, 9.17) is 25.8 Å². The zero-order valence-electron chi connectivity index (χ0n) is 46.6. The second-order valence-corrected chi connectivity index (χ2v) is 23.8. The first-order valence-electron chi connectivity index (χ1n) is 28.7. The molecular formula is C62H65ClN10O11S. The molecule has 23 heteroatoms. The Morgan fingerprint density at radius 3 is 2.42 bits per heavy atom. The van der Waals surface area contributed by atoms with Gasteiger partial charge in [0.15, 0.2) is 0 Å². The fraction of sp³-hybridized carbons (Fsp3) is 0.339. The molecule has 11 rings (SSSR count). The maximum atomic E-state index is 14.1. The number of piperidine rings is 1. The summed E-state index contributed by atoms with van der Waals surface area (Å²) in [4.78, 5) is 76.5. The molecule has 2 aromatic heterocycles. The summed E-state index contributed by atoms with van der Waals surface area (Å²) in [6.45, 7) is 6.36. The lowest BCUT2D eigenvalue weighted by molar-refractivity contribution is -0.384. The van der Waals surface area contributed by atoms with Crippen LogP contribution in [0, 0.1) is 16.0 Å². The van der Waals surface area contributed by atoms with Crippen LogP contribution in [-0.4, -0.2) is 122 Å². The number of rotatable bonds is 23. The van der Waals surface area contributed by atoms with Crippen LogP contribution >= 0.6 is 11.6 Å². The Morgan fingerprint density at radius 1 is 0.835 bits per heavy atom. The molecule has 21 nitrogen and oxygen atoms in total. The van der Waals surface area contributed by atoms with Crippen molar-refractivity contribution in [2.45, 2.75) is 75.4 Å². The molecule has 0 spiro atoms. The molecule has 0 aliphatic carbocycles. The number of imide groups is 1. The Labute approximate surface area is 496 Å². The number of hydrogen-bond acceptors (Lipinski definition) is 16. The van der Waals surface area contributed by atoms with Crippen molar-refractivity contribution < 1.29 is 46.7 Å². The highest BCUT2D eigenvalue weighted by molar-refractivity contribution is 7.90. The van der Waals surface area contributed by atoms with E-state index in [-0.39, 0.29) is 41.2 Å². The SMILES string of the molecule is O=C1CCC(N2Cc3c(NCCCCCCOc4cccc(-c5ccc(Cl)cc5)c4CN4CCN(c5ccc(C(=O)NS(=O)(=O)c6ccc(NCC7CCOCC7)c([N+](=O)[O-])c6)c(Oc6cnc7[nH]ccc7c6)c5)CC4)cccc3C2=O)C(=O)N1. The number of benzene rings is 5. The van der Waals surface area contributed by atoms with Crippen LogP contribution in [0.3, 0.4) is 0 Å². The summed E-state index contributed by atoms with van der Waals surface area (Å²) in [5.41, 5.74) is 6.43. The standard InChI is InChI=1S/C62H65ClN10O11S/c63-43-13-11-41(12-14-43)47-7-6-10-56(83-30-4-2-1-3-24-64-52-9-5-8-48-50(52)39-72(62(48)77)54-19-20-58(74)68-61(54)76)51(47)38-70-26-28-71(29-27-70)44-15-17-49(57(34-44)84-45-33-42-21-25-65-59(42)67-37-45)60(75)69-85(80,81)46-16-18-53(55(35-46)73(78)79)66-36-40-22-31-82-32-23-40/h5-18,21,25,33-35,37,40,54,64,66H,1-4,19-20,22-24,26-32,36,38-39H2,(H,65,67)(H,69,75)(H,68,74,76). The average molecular weight is 1190 g/mol. The van der Waals surface area contributed by atoms with Crippen LogP contribution in [-0.2, 0) is 37.4 Å². The molecule has 85 heavy (non-hydrogen) atoms. The Kier molecular flexibility index (Phi) is 17.9. The number of amides is 4. The van der Waals surface area contributed by atoms with Crippen molar-refractivity contribution in [3.05, 3.63) is 159 Å². The van der Waals surface area contributed by atoms with Gasteiger partial charge in [0.05, 0.1) is 28.2 Å². The molecule has 7 aromatic rings. The molecule has 3 saturated heterocycles. The van der Waals surface area contributed by atoms with Gasteiger partial charge in [0.25, 0.3) is 27.5 Å². The van der Waals surface area contributed by atoms with E-state index in [0.29, 0.717) is 101 Å². The predicted octanol–water partition coefficient (Wildman–Crippen LogP) is 9.68. The molecule has 4 aliphatic heterocycles. The monoisotopic (exact) mass is 1190 g/mol. The van der Waals surface area contributed by atoms with Gasteiger partial charge in [-0.25, -0.2) is 18.1 Å². The first-order valence-corrected chi connectivity index (χ1v) is 30.5. The number of piperazine rings is 1. The van der Waals surface area contributed by atoms with Gasteiger partial charge in [0.2, 0.25) is 11.8 Å². The number of carbonyl (C=O) groups is 4. The zero-order chi connectivity index (χ0) is 59.0. The third-order valence-electron chi connectivity index (χ3n) is 16.1. The smallest absolute Gasteiger partial charge is 0.293 e. The minimum absolute atomic E-state index is 0.0775. The molecule has 5 N–H and O–H groups in total. The number of nitrogens with one attached hydrogen (secondary N) is 5. The zero-order valence-corrected chi connectivity index (χ0v) is 48.2. The third-order valence-corrected chi connectivity index (χ3v) is 17.7. The van der Waals surface area contributed by atoms with Gasteiger partial charge in [0.1, 0.15) is 34.6 Å². The maximum Gasteiger partial charge on any atom is 0.293 e. The quantitative estimate of drug-likeness (QED) is 0.0173. The molecule has 0 bridgehead atoms. The minimum Gasteiger partial charge on any atom is -0.493 e. The van der Waals surface area contributed by atoms with Gasteiger partial charge >= 0.3 is 0 Å². The molecule has 5 aromatic carbocycles.